The first kappa shape index (κ1) is 20.3. The van der Waals surface area contributed by atoms with Crippen molar-refractivity contribution in [3.63, 3.8) is 0 Å². The summed E-state index contributed by atoms with van der Waals surface area (Å²) in [6.07, 6.45) is 5.30. The average Bonchev–Trinajstić information content (AvgIpc) is 3.21. The molecule has 2 saturated heterocycles. The Morgan fingerprint density at radius 1 is 0.900 bits per heavy atom. The van der Waals surface area contributed by atoms with Crippen LogP contribution in [0.25, 0.3) is 0 Å². The summed E-state index contributed by atoms with van der Waals surface area (Å²) in [6, 6.07) is 15.4. The van der Waals surface area contributed by atoms with E-state index in [1.807, 2.05) is 43.3 Å². The number of anilines is 4. The minimum atomic E-state index is -0.406. The zero-order valence-electron chi connectivity index (χ0n) is 17.6. The fraction of sp³-hybridized carbons (Fsp3) is 0.417. The van der Waals surface area contributed by atoms with Crippen LogP contribution >= 0.6 is 0 Å². The Balaban J connectivity index is 1.34. The summed E-state index contributed by atoms with van der Waals surface area (Å²) in [6.45, 7) is 4.81. The zero-order valence-corrected chi connectivity index (χ0v) is 17.6. The van der Waals surface area contributed by atoms with E-state index in [1.165, 1.54) is 24.9 Å². The highest BCUT2D eigenvalue weighted by molar-refractivity contribution is 5.97. The lowest BCUT2D eigenvalue weighted by Gasteiger charge is -2.28. The molecule has 0 radical (unpaired) electrons. The third kappa shape index (κ3) is 4.75. The first-order valence-electron chi connectivity index (χ1n) is 10.9. The molecule has 0 spiro atoms. The topological polar surface area (TPSA) is 64.7 Å². The van der Waals surface area contributed by atoms with Crippen molar-refractivity contribution in [2.45, 2.75) is 45.1 Å². The van der Waals surface area contributed by atoms with Crippen molar-refractivity contribution in [2.75, 3.05) is 40.1 Å². The molecule has 0 saturated carbocycles. The number of hydrogen-bond donors (Lipinski definition) is 2. The summed E-state index contributed by atoms with van der Waals surface area (Å²) in [4.78, 5) is 28.8. The first-order valence-corrected chi connectivity index (χ1v) is 10.9. The van der Waals surface area contributed by atoms with Gasteiger partial charge in [-0.15, -0.1) is 0 Å². The maximum atomic E-state index is 12.6. The summed E-state index contributed by atoms with van der Waals surface area (Å²) in [7, 11) is 0. The van der Waals surface area contributed by atoms with Crippen LogP contribution in [0.3, 0.4) is 0 Å². The number of amides is 2. The van der Waals surface area contributed by atoms with Gasteiger partial charge in [-0.3, -0.25) is 9.59 Å². The van der Waals surface area contributed by atoms with E-state index in [4.69, 9.17) is 0 Å². The Hall–Kier alpha value is -3.02. The van der Waals surface area contributed by atoms with E-state index in [2.05, 4.69) is 27.7 Å². The molecule has 2 aliphatic rings. The number of piperidine rings is 1. The molecule has 2 heterocycles. The number of rotatable bonds is 6. The lowest BCUT2D eigenvalue weighted by atomic mass is 10.1. The van der Waals surface area contributed by atoms with Gasteiger partial charge in [-0.05, 0) is 75.1 Å². The van der Waals surface area contributed by atoms with Crippen molar-refractivity contribution in [1.82, 2.24) is 0 Å². The van der Waals surface area contributed by atoms with Crippen molar-refractivity contribution < 1.29 is 9.59 Å². The fourth-order valence-corrected chi connectivity index (χ4v) is 4.16. The van der Waals surface area contributed by atoms with Gasteiger partial charge >= 0.3 is 0 Å². The van der Waals surface area contributed by atoms with Crippen LogP contribution in [0.1, 0.15) is 39.0 Å². The minimum Gasteiger partial charge on any atom is -0.374 e. The lowest BCUT2D eigenvalue weighted by Crippen LogP contribution is -2.32. The lowest BCUT2D eigenvalue weighted by molar-refractivity contribution is -0.117. The van der Waals surface area contributed by atoms with Gasteiger partial charge in [-0.25, -0.2) is 0 Å². The summed E-state index contributed by atoms with van der Waals surface area (Å²) in [5.74, 6) is 0.0642. The molecule has 2 fully saturated rings. The van der Waals surface area contributed by atoms with E-state index in [9.17, 15) is 9.59 Å². The van der Waals surface area contributed by atoms with Crippen LogP contribution in [0.2, 0.25) is 0 Å². The van der Waals surface area contributed by atoms with E-state index in [1.54, 1.807) is 4.90 Å². The van der Waals surface area contributed by atoms with Gasteiger partial charge in [0, 0.05) is 48.8 Å². The quantitative estimate of drug-likeness (QED) is 0.753. The molecule has 4 rings (SSSR count). The standard InChI is InChI=1S/C24H30N4O2/c1-18(25-20-7-5-8-22(17-20)28-16-6-9-23(28)29)24(30)26-19-10-12-21(13-11-19)27-14-3-2-4-15-27/h5,7-8,10-13,17-18,25H,2-4,6,9,14-16H2,1H3,(H,26,30). The summed E-state index contributed by atoms with van der Waals surface area (Å²) in [5, 5.41) is 6.23. The zero-order chi connectivity index (χ0) is 20.9. The van der Waals surface area contributed by atoms with Crippen LogP contribution in [0.4, 0.5) is 22.7 Å². The van der Waals surface area contributed by atoms with Gasteiger partial charge < -0.3 is 20.4 Å². The highest BCUT2D eigenvalue weighted by Gasteiger charge is 2.22. The number of hydrogen-bond acceptors (Lipinski definition) is 4. The van der Waals surface area contributed by atoms with Crippen molar-refractivity contribution in [3.8, 4) is 0 Å². The van der Waals surface area contributed by atoms with Crippen molar-refractivity contribution in [3.05, 3.63) is 48.5 Å². The van der Waals surface area contributed by atoms with E-state index in [0.717, 1.165) is 43.1 Å². The van der Waals surface area contributed by atoms with Crippen molar-refractivity contribution in [1.29, 1.82) is 0 Å². The molecule has 2 aromatic carbocycles. The number of nitrogens with zero attached hydrogens (tertiary/aromatic N) is 2. The third-order valence-electron chi connectivity index (χ3n) is 5.86. The normalized spacial score (nSPS) is 17.7. The SMILES string of the molecule is CC(Nc1cccc(N2CCCC2=O)c1)C(=O)Nc1ccc(N2CCCCC2)cc1. The molecule has 2 amide bonds. The second kappa shape index (κ2) is 9.20. The number of carbonyl (C=O) groups is 2. The molecule has 6 heteroatoms. The highest BCUT2D eigenvalue weighted by Crippen LogP contribution is 2.25. The van der Waals surface area contributed by atoms with Gasteiger partial charge in [0.05, 0.1) is 0 Å². The van der Waals surface area contributed by atoms with Gasteiger partial charge in [0.25, 0.3) is 0 Å². The second-order valence-corrected chi connectivity index (χ2v) is 8.15. The van der Waals surface area contributed by atoms with E-state index in [-0.39, 0.29) is 11.8 Å². The molecule has 2 aliphatic heterocycles. The van der Waals surface area contributed by atoms with Crippen LogP contribution in [0, 0.1) is 0 Å². The minimum absolute atomic E-state index is 0.0941. The average molecular weight is 407 g/mol. The van der Waals surface area contributed by atoms with Gasteiger partial charge in [-0.2, -0.15) is 0 Å². The molecule has 0 bridgehead atoms. The molecule has 2 N–H and O–H groups in total. The van der Waals surface area contributed by atoms with Crippen LogP contribution in [0.5, 0.6) is 0 Å². The predicted octanol–water partition coefficient (Wildman–Crippen LogP) is 4.24. The fourth-order valence-electron chi connectivity index (χ4n) is 4.16. The molecular formula is C24H30N4O2. The van der Waals surface area contributed by atoms with Gasteiger partial charge in [-0.1, -0.05) is 6.07 Å². The molecule has 2 aromatic rings. The summed E-state index contributed by atoms with van der Waals surface area (Å²) in [5.41, 5.74) is 3.72. The summed E-state index contributed by atoms with van der Waals surface area (Å²) >= 11 is 0. The Morgan fingerprint density at radius 3 is 2.37 bits per heavy atom. The largest absolute Gasteiger partial charge is 0.374 e. The van der Waals surface area contributed by atoms with E-state index < -0.39 is 6.04 Å². The molecule has 30 heavy (non-hydrogen) atoms. The predicted molar refractivity (Wildman–Crippen MR) is 122 cm³/mol. The number of nitrogens with one attached hydrogen (secondary N) is 2. The van der Waals surface area contributed by atoms with Gasteiger partial charge in [0.2, 0.25) is 11.8 Å². The van der Waals surface area contributed by atoms with Crippen molar-refractivity contribution >= 4 is 34.6 Å². The van der Waals surface area contributed by atoms with Crippen LogP contribution < -0.4 is 20.4 Å². The molecule has 6 nitrogen and oxygen atoms in total. The van der Waals surface area contributed by atoms with Crippen molar-refractivity contribution in [2.24, 2.45) is 0 Å². The molecule has 158 valence electrons. The van der Waals surface area contributed by atoms with Crippen LogP contribution in [-0.4, -0.2) is 37.5 Å². The number of benzene rings is 2. The molecule has 1 unspecified atom stereocenters. The molecule has 0 aromatic heterocycles. The second-order valence-electron chi connectivity index (χ2n) is 8.15. The Bertz CT molecular complexity index is 890. The Morgan fingerprint density at radius 2 is 1.67 bits per heavy atom. The van der Waals surface area contributed by atoms with E-state index >= 15 is 0 Å². The Kier molecular flexibility index (Phi) is 6.21. The number of carbonyl (C=O) groups excluding carboxylic acids is 2. The maximum Gasteiger partial charge on any atom is 0.246 e. The van der Waals surface area contributed by atoms with Crippen LogP contribution in [0.15, 0.2) is 48.5 Å². The van der Waals surface area contributed by atoms with Gasteiger partial charge in [0.1, 0.15) is 6.04 Å². The molecular weight excluding hydrogens is 376 g/mol. The first-order chi connectivity index (χ1) is 14.6. The summed E-state index contributed by atoms with van der Waals surface area (Å²) < 4.78 is 0. The molecule has 0 aliphatic carbocycles. The monoisotopic (exact) mass is 406 g/mol. The molecule has 1 atom stereocenters. The smallest absolute Gasteiger partial charge is 0.246 e. The van der Waals surface area contributed by atoms with Crippen LogP contribution in [-0.2, 0) is 9.59 Å². The maximum absolute atomic E-state index is 12.6. The van der Waals surface area contributed by atoms with Gasteiger partial charge in [0.15, 0.2) is 0 Å². The third-order valence-corrected chi connectivity index (χ3v) is 5.86. The van der Waals surface area contributed by atoms with E-state index in [0.29, 0.717) is 6.42 Å². The Labute approximate surface area is 178 Å². The highest BCUT2D eigenvalue weighted by atomic mass is 16.2.